The molecule has 0 aliphatic carbocycles. The van der Waals surface area contributed by atoms with E-state index in [4.69, 9.17) is 16.3 Å². The highest BCUT2D eigenvalue weighted by Crippen LogP contribution is 2.25. The van der Waals surface area contributed by atoms with Crippen LogP contribution in [0.5, 0.6) is 5.75 Å². The van der Waals surface area contributed by atoms with E-state index in [2.05, 4.69) is 31.9 Å². The van der Waals surface area contributed by atoms with Crippen molar-refractivity contribution in [2.45, 2.75) is 32.4 Å². The zero-order valence-corrected chi connectivity index (χ0v) is 21.4. The minimum Gasteiger partial charge on any atom is -0.497 e. The molecule has 2 aromatic carbocycles. The van der Waals surface area contributed by atoms with E-state index in [-0.39, 0.29) is 17.7 Å². The number of halogens is 2. The lowest BCUT2D eigenvalue weighted by atomic mass is 9.95. The average Bonchev–Trinajstić information content (AvgIpc) is 2.84. The highest BCUT2D eigenvalue weighted by atomic mass is 79.9. The van der Waals surface area contributed by atoms with Crippen molar-refractivity contribution in [2.75, 3.05) is 25.5 Å². The van der Waals surface area contributed by atoms with Crippen LogP contribution in [0.4, 0.5) is 10.5 Å². The number of urea groups is 1. The second-order valence-electron chi connectivity index (χ2n) is 8.11. The van der Waals surface area contributed by atoms with Gasteiger partial charge in [-0.2, -0.15) is 0 Å². The number of hydrogen-bond acceptors (Lipinski definition) is 4. The molecule has 0 radical (unpaired) electrons. The van der Waals surface area contributed by atoms with Crippen molar-refractivity contribution in [2.24, 2.45) is 5.92 Å². The third-order valence-electron chi connectivity index (χ3n) is 5.68. The maximum Gasteiger partial charge on any atom is 0.319 e. The molecule has 34 heavy (non-hydrogen) atoms. The summed E-state index contributed by atoms with van der Waals surface area (Å²) >= 11 is 9.43. The Labute approximate surface area is 212 Å². The number of benzene rings is 2. The fourth-order valence-electron chi connectivity index (χ4n) is 3.76. The molecular formula is C24H28BrClN4O4. The minimum atomic E-state index is -0.715. The molecule has 2 aromatic rings. The lowest BCUT2D eigenvalue weighted by Gasteiger charge is -2.33. The smallest absolute Gasteiger partial charge is 0.319 e. The molecule has 1 aliphatic heterocycles. The topological polar surface area (TPSA) is 99.8 Å². The normalized spacial score (nSPS) is 14.8. The molecule has 10 heteroatoms. The second kappa shape index (κ2) is 12.1. The summed E-state index contributed by atoms with van der Waals surface area (Å²) in [5.41, 5.74) is 1.41. The Morgan fingerprint density at radius 3 is 2.59 bits per heavy atom. The van der Waals surface area contributed by atoms with Crippen LogP contribution in [0.2, 0.25) is 5.02 Å². The Hall–Kier alpha value is -2.78. The SMILES string of the molecule is COc1cccc(CNC(=O)C2CCN(C(=O)[C@H](C)NC(=O)Nc3ccc(Br)cc3Cl)CC2)c1. The third kappa shape index (κ3) is 7.11. The number of likely N-dealkylation sites (tertiary alicyclic amines) is 1. The first-order valence-electron chi connectivity index (χ1n) is 11.0. The lowest BCUT2D eigenvalue weighted by molar-refractivity contribution is -0.136. The summed E-state index contributed by atoms with van der Waals surface area (Å²) in [6.07, 6.45) is 1.15. The van der Waals surface area contributed by atoms with E-state index in [9.17, 15) is 14.4 Å². The zero-order chi connectivity index (χ0) is 24.7. The molecule has 1 atom stereocenters. The van der Waals surface area contributed by atoms with Crippen molar-refractivity contribution in [3.05, 3.63) is 57.5 Å². The number of carbonyl (C=O) groups excluding carboxylic acids is 3. The molecule has 0 unspecified atom stereocenters. The molecule has 1 heterocycles. The first-order chi connectivity index (χ1) is 16.3. The summed E-state index contributed by atoms with van der Waals surface area (Å²) in [4.78, 5) is 39.3. The monoisotopic (exact) mass is 550 g/mol. The molecule has 1 saturated heterocycles. The third-order valence-corrected chi connectivity index (χ3v) is 6.48. The first-order valence-corrected chi connectivity index (χ1v) is 12.2. The molecule has 8 nitrogen and oxygen atoms in total. The van der Waals surface area contributed by atoms with Crippen LogP contribution >= 0.6 is 27.5 Å². The number of piperidine rings is 1. The number of methoxy groups -OCH3 is 1. The quantitative estimate of drug-likeness (QED) is 0.481. The van der Waals surface area contributed by atoms with E-state index in [1.54, 1.807) is 37.1 Å². The van der Waals surface area contributed by atoms with Crippen molar-refractivity contribution in [1.29, 1.82) is 0 Å². The van der Waals surface area contributed by atoms with Gasteiger partial charge in [-0.3, -0.25) is 9.59 Å². The van der Waals surface area contributed by atoms with Gasteiger partial charge < -0.3 is 25.6 Å². The van der Waals surface area contributed by atoms with Crippen molar-refractivity contribution in [3.8, 4) is 5.75 Å². The Balaban J connectivity index is 1.43. The Morgan fingerprint density at radius 1 is 1.18 bits per heavy atom. The summed E-state index contributed by atoms with van der Waals surface area (Å²) in [5.74, 6) is 0.384. The van der Waals surface area contributed by atoms with Crippen molar-refractivity contribution in [3.63, 3.8) is 0 Å². The largest absolute Gasteiger partial charge is 0.497 e. The number of nitrogens with one attached hydrogen (secondary N) is 3. The maximum absolute atomic E-state index is 12.8. The van der Waals surface area contributed by atoms with Crippen LogP contribution in [-0.4, -0.2) is 49.0 Å². The van der Waals surface area contributed by atoms with Gasteiger partial charge in [-0.1, -0.05) is 39.7 Å². The summed E-state index contributed by atoms with van der Waals surface area (Å²) in [7, 11) is 1.60. The Kier molecular flexibility index (Phi) is 9.18. The van der Waals surface area contributed by atoms with Gasteiger partial charge in [0.1, 0.15) is 11.8 Å². The molecule has 0 bridgehead atoms. The lowest BCUT2D eigenvalue weighted by Crippen LogP contribution is -2.51. The predicted molar refractivity (Wildman–Crippen MR) is 135 cm³/mol. The summed E-state index contributed by atoms with van der Waals surface area (Å²) in [6.45, 7) is 2.98. The first kappa shape index (κ1) is 25.8. The maximum atomic E-state index is 12.8. The van der Waals surface area contributed by atoms with E-state index in [1.807, 2.05) is 24.3 Å². The molecule has 1 aliphatic rings. The molecule has 182 valence electrons. The van der Waals surface area contributed by atoms with Gasteiger partial charge in [0, 0.05) is 30.0 Å². The van der Waals surface area contributed by atoms with Crippen LogP contribution in [0.3, 0.4) is 0 Å². The van der Waals surface area contributed by atoms with E-state index in [1.165, 1.54) is 0 Å². The van der Waals surface area contributed by atoms with Gasteiger partial charge in [-0.25, -0.2) is 4.79 Å². The van der Waals surface area contributed by atoms with Crippen LogP contribution in [0, 0.1) is 5.92 Å². The van der Waals surface area contributed by atoms with Crippen molar-refractivity contribution in [1.82, 2.24) is 15.5 Å². The summed E-state index contributed by atoms with van der Waals surface area (Å²) in [6, 6.07) is 11.4. The number of carbonyl (C=O) groups is 3. The molecule has 3 N–H and O–H groups in total. The molecule has 0 aromatic heterocycles. The minimum absolute atomic E-state index is 0.0214. The average molecular weight is 552 g/mol. The fraction of sp³-hybridized carbons (Fsp3) is 0.375. The predicted octanol–water partition coefficient (Wildman–Crippen LogP) is 4.18. The molecule has 1 fully saturated rings. The van der Waals surface area contributed by atoms with Crippen LogP contribution in [0.1, 0.15) is 25.3 Å². The van der Waals surface area contributed by atoms with Gasteiger partial charge in [0.2, 0.25) is 11.8 Å². The van der Waals surface area contributed by atoms with E-state index in [0.717, 1.165) is 15.8 Å². The van der Waals surface area contributed by atoms with Gasteiger partial charge in [-0.15, -0.1) is 0 Å². The van der Waals surface area contributed by atoms with Gasteiger partial charge in [-0.05, 0) is 55.7 Å². The van der Waals surface area contributed by atoms with Gasteiger partial charge in [0.25, 0.3) is 0 Å². The molecule has 0 spiro atoms. The van der Waals surface area contributed by atoms with Crippen LogP contribution in [0.15, 0.2) is 46.9 Å². The highest BCUT2D eigenvalue weighted by molar-refractivity contribution is 9.10. The van der Waals surface area contributed by atoms with Crippen molar-refractivity contribution >= 4 is 51.1 Å². The van der Waals surface area contributed by atoms with Crippen molar-refractivity contribution < 1.29 is 19.1 Å². The number of nitrogens with zero attached hydrogens (tertiary/aromatic N) is 1. The molecule has 4 amide bonds. The second-order valence-corrected chi connectivity index (χ2v) is 9.44. The van der Waals surface area contributed by atoms with Crippen LogP contribution in [0.25, 0.3) is 0 Å². The fourth-order valence-corrected chi connectivity index (χ4v) is 4.48. The summed E-state index contributed by atoms with van der Waals surface area (Å²) < 4.78 is 6.00. The zero-order valence-electron chi connectivity index (χ0n) is 19.1. The van der Waals surface area contributed by atoms with Crippen LogP contribution < -0.4 is 20.7 Å². The standard InChI is InChI=1S/C24H28BrClN4O4/c1-15(28-24(33)29-21-7-6-18(25)13-20(21)26)23(32)30-10-8-17(9-11-30)22(31)27-14-16-4-3-5-19(12-16)34-2/h3-7,12-13,15,17H,8-11,14H2,1-2H3,(H,27,31)(H2,28,29,33)/t15-/m0/s1. The number of anilines is 1. The number of amides is 4. The van der Waals surface area contributed by atoms with E-state index in [0.29, 0.717) is 43.2 Å². The van der Waals surface area contributed by atoms with E-state index >= 15 is 0 Å². The molecule has 3 rings (SSSR count). The summed E-state index contributed by atoms with van der Waals surface area (Å²) in [5, 5.41) is 8.65. The highest BCUT2D eigenvalue weighted by Gasteiger charge is 2.29. The number of hydrogen-bond donors (Lipinski definition) is 3. The Morgan fingerprint density at radius 2 is 1.91 bits per heavy atom. The van der Waals surface area contributed by atoms with E-state index < -0.39 is 12.1 Å². The molecular weight excluding hydrogens is 524 g/mol. The van der Waals surface area contributed by atoms with Gasteiger partial charge in [0.05, 0.1) is 17.8 Å². The number of ether oxygens (including phenoxy) is 1. The van der Waals surface area contributed by atoms with Crippen LogP contribution in [-0.2, 0) is 16.1 Å². The van der Waals surface area contributed by atoms with Gasteiger partial charge >= 0.3 is 6.03 Å². The van der Waals surface area contributed by atoms with Gasteiger partial charge in [0.15, 0.2) is 0 Å². The number of rotatable bonds is 7. The molecule has 0 saturated carbocycles. The Bertz CT molecular complexity index is 1040.